The Morgan fingerprint density at radius 2 is 1.73 bits per heavy atom. The van der Waals surface area contributed by atoms with Gasteiger partial charge in [0.2, 0.25) is 0 Å². The molecule has 112 valence electrons. The van der Waals surface area contributed by atoms with Gasteiger partial charge in [0.1, 0.15) is 0 Å². The third-order valence-corrected chi connectivity index (χ3v) is 3.92. The van der Waals surface area contributed by atoms with Crippen molar-refractivity contribution >= 4 is 17.4 Å². The molecule has 3 rings (SSSR count). The highest BCUT2D eigenvalue weighted by molar-refractivity contribution is 6.39. The average Bonchev–Trinajstić information content (AvgIpc) is 2.81. The first kappa shape index (κ1) is 14.3. The smallest absolute Gasteiger partial charge is 0.377 e. The van der Waals surface area contributed by atoms with Gasteiger partial charge in [-0.2, -0.15) is 0 Å². The summed E-state index contributed by atoms with van der Waals surface area (Å²) in [7, 11) is 1.97. The van der Waals surface area contributed by atoms with E-state index in [4.69, 9.17) is 5.11 Å². The van der Waals surface area contributed by atoms with Crippen LogP contribution < -0.4 is 10.4 Å². The first-order valence-electron chi connectivity index (χ1n) is 6.99. The molecule has 0 spiro atoms. The summed E-state index contributed by atoms with van der Waals surface area (Å²) in [5.41, 5.74) is 7.83. The molecule has 1 aliphatic heterocycles. The summed E-state index contributed by atoms with van der Waals surface area (Å²) in [6, 6.07) is 13.1. The van der Waals surface area contributed by atoms with E-state index in [0.29, 0.717) is 0 Å². The van der Waals surface area contributed by atoms with Crippen molar-refractivity contribution in [3.05, 3.63) is 53.6 Å². The number of carbonyl (C=O) groups is 2. The van der Waals surface area contributed by atoms with Crippen molar-refractivity contribution in [1.82, 2.24) is 5.43 Å². The van der Waals surface area contributed by atoms with E-state index in [1.165, 1.54) is 5.56 Å². The van der Waals surface area contributed by atoms with Crippen LogP contribution in [0, 0.1) is 0 Å². The summed E-state index contributed by atoms with van der Waals surface area (Å²) in [5, 5.41) is 10.7. The number of nitrogens with zero attached hydrogens (tertiary/aromatic N) is 1. The number of anilines is 1. The summed E-state index contributed by atoms with van der Waals surface area (Å²) < 4.78 is 0. The zero-order chi connectivity index (χ0) is 15.9. The van der Waals surface area contributed by atoms with Crippen LogP contribution in [0.1, 0.15) is 28.9 Å². The minimum absolute atomic E-state index is 0.185. The van der Waals surface area contributed by atoms with E-state index < -0.39 is 11.8 Å². The second kappa shape index (κ2) is 5.27. The van der Waals surface area contributed by atoms with Gasteiger partial charge in [-0.25, -0.2) is 10.2 Å². The van der Waals surface area contributed by atoms with Crippen molar-refractivity contribution in [1.29, 1.82) is 0 Å². The van der Waals surface area contributed by atoms with Gasteiger partial charge < -0.3 is 10.1 Å². The summed E-state index contributed by atoms with van der Waals surface area (Å²) in [4.78, 5) is 22.1. The van der Waals surface area contributed by atoms with Crippen molar-refractivity contribution < 1.29 is 14.7 Å². The molecule has 2 aromatic carbocycles. The molecule has 0 saturated carbocycles. The molecule has 0 fully saturated rings. The Morgan fingerprint density at radius 3 is 2.36 bits per heavy atom. The molecule has 2 aromatic rings. The summed E-state index contributed by atoms with van der Waals surface area (Å²) in [6.45, 7) is 2.11. The Balaban J connectivity index is 1.94. The minimum atomic E-state index is -1.44. The molecule has 1 unspecified atom stereocenters. The fourth-order valence-corrected chi connectivity index (χ4v) is 2.75. The SMILES string of the molecule is CC1NN(C)c2cc(-c3ccc(C(=O)C(=O)O)cc3)ccc21. The highest BCUT2D eigenvalue weighted by Crippen LogP contribution is 2.35. The molecule has 0 saturated heterocycles. The van der Waals surface area contributed by atoms with Crippen molar-refractivity contribution in [3.8, 4) is 11.1 Å². The highest BCUT2D eigenvalue weighted by Gasteiger charge is 2.22. The number of carboxylic acid groups (broad SMARTS) is 1. The van der Waals surface area contributed by atoms with E-state index in [1.807, 2.05) is 18.1 Å². The molecule has 1 atom stereocenters. The van der Waals surface area contributed by atoms with Crippen LogP contribution in [-0.4, -0.2) is 23.9 Å². The Bertz CT molecular complexity index is 753. The second-order valence-electron chi connectivity index (χ2n) is 5.40. The third-order valence-electron chi connectivity index (χ3n) is 3.92. The number of carboxylic acids is 1. The normalized spacial score (nSPS) is 16.5. The maximum atomic E-state index is 11.4. The maximum Gasteiger partial charge on any atom is 0.377 e. The maximum absolute atomic E-state index is 11.4. The molecule has 5 nitrogen and oxygen atoms in total. The van der Waals surface area contributed by atoms with Crippen molar-refractivity contribution in [2.45, 2.75) is 13.0 Å². The van der Waals surface area contributed by atoms with Crippen LogP contribution >= 0.6 is 0 Å². The highest BCUT2D eigenvalue weighted by atomic mass is 16.4. The van der Waals surface area contributed by atoms with E-state index in [1.54, 1.807) is 24.3 Å². The summed E-state index contributed by atoms with van der Waals surface area (Å²) >= 11 is 0. The van der Waals surface area contributed by atoms with Gasteiger partial charge in [-0.05, 0) is 29.7 Å². The van der Waals surface area contributed by atoms with Crippen LogP contribution in [0.2, 0.25) is 0 Å². The van der Waals surface area contributed by atoms with E-state index in [-0.39, 0.29) is 11.6 Å². The van der Waals surface area contributed by atoms with Gasteiger partial charge in [0.05, 0.1) is 11.7 Å². The van der Waals surface area contributed by atoms with Crippen LogP contribution in [0.15, 0.2) is 42.5 Å². The molecule has 0 bridgehead atoms. The van der Waals surface area contributed by atoms with Gasteiger partial charge in [0, 0.05) is 12.6 Å². The monoisotopic (exact) mass is 296 g/mol. The van der Waals surface area contributed by atoms with Gasteiger partial charge in [-0.15, -0.1) is 0 Å². The number of ketones is 1. The largest absolute Gasteiger partial charge is 0.475 e. The van der Waals surface area contributed by atoms with Gasteiger partial charge in [0.15, 0.2) is 0 Å². The quantitative estimate of drug-likeness (QED) is 0.673. The molecule has 0 aromatic heterocycles. The molecular weight excluding hydrogens is 280 g/mol. The number of benzene rings is 2. The zero-order valence-electron chi connectivity index (χ0n) is 12.3. The number of nitrogens with one attached hydrogen (secondary N) is 1. The number of Topliss-reactive ketones (excluding diaryl/α,β-unsaturated/α-hetero) is 1. The Kier molecular flexibility index (Phi) is 3.42. The summed E-state index contributed by atoms with van der Waals surface area (Å²) in [6.07, 6.45) is 0. The van der Waals surface area contributed by atoms with Gasteiger partial charge in [0.25, 0.3) is 5.78 Å². The molecule has 1 aliphatic rings. The second-order valence-corrected chi connectivity index (χ2v) is 5.40. The van der Waals surface area contributed by atoms with Gasteiger partial charge >= 0.3 is 5.97 Å². The fourth-order valence-electron chi connectivity index (χ4n) is 2.75. The number of hydrogen-bond donors (Lipinski definition) is 2. The molecule has 0 aliphatic carbocycles. The van der Waals surface area contributed by atoms with Crippen molar-refractivity contribution in [2.75, 3.05) is 12.1 Å². The molecule has 2 N–H and O–H groups in total. The van der Waals surface area contributed by atoms with Crippen molar-refractivity contribution in [2.24, 2.45) is 0 Å². The molecule has 0 amide bonds. The molecule has 0 radical (unpaired) electrons. The minimum Gasteiger partial charge on any atom is -0.475 e. The fraction of sp³-hybridized carbons (Fsp3) is 0.176. The number of fused-ring (bicyclic) bond motifs is 1. The third kappa shape index (κ3) is 2.35. The number of aliphatic carboxylic acids is 1. The van der Waals surface area contributed by atoms with Gasteiger partial charge in [-0.1, -0.05) is 36.4 Å². The van der Waals surface area contributed by atoms with E-state index >= 15 is 0 Å². The first-order valence-corrected chi connectivity index (χ1v) is 6.99. The molecule has 5 heteroatoms. The lowest BCUT2D eigenvalue weighted by atomic mass is 9.99. The predicted octanol–water partition coefficient (Wildman–Crippen LogP) is 2.64. The van der Waals surface area contributed by atoms with Crippen LogP contribution in [-0.2, 0) is 4.79 Å². The number of hydrazine groups is 1. The first-order chi connectivity index (χ1) is 10.5. The standard InChI is InChI=1S/C17H16N2O3/c1-10-14-8-7-13(9-15(14)19(2)18-10)11-3-5-12(6-4-11)16(20)17(21)22/h3-10,18H,1-2H3,(H,21,22). The lowest BCUT2D eigenvalue weighted by Crippen LogP contribution is -2.28. The predicted molar refractivity (Wildman–Crippen MR) is 83.8 cm³/mol. The van der Waals surface area contributed by atoms with E-state index in [0.717, 1.165) is 16.8 Å². The topological polar surface area (TPSA) is 69.6 Å². The zero-order valence-corrected chi connectivity index (χ0v) is 12.3. The lowest BCUT2D eigenvalue weighted by molar-refractivity contribution is -0.131. The Morgan fingerprint density at radius 1 is 1.09 bits per heavy atom. The molecule has 22 heavy (non-hydrogen) atoms. The van der Waals surface area contributed by atoms with Crippen LogP contribution in [0.3, 0.4) is 0 Å². The van der Waals surface area contributed by atoms with E-state index in [9.17, 15) is 9.59 Å². The number of hydrogen-bond acceptors (Lipinski definition) is 4. The Labute approximate surface area is 128 Å². The average molecular weight is 296 g/mol. The van der Waals surface area contributed by atoms with Crippen LogP contribution in [0.25, 0.3) is 11.1 Å². The lowest BCUT2D eigenvalue weighted by Gasteiger charge is -2.13. The number of carbonyl (C=O) groups excluding carboxylic acids is 1. The Hall–Kier alpha value is -2.66. The van der Waals surface area contributed by atoms with Gasteiger partial charge in [-0.3, -0.25) is 4.79 Å². The van der Waals surface area contributed by atoms with Crippen LogP contribution in [0.5, 0.6) is 0 Å². The van der Waals surface area contributed by atoms with Crippen LogP contribution in [0.4, 0.5) is 5.69 Å². The number of rotatable bonds is 3. The molecule has 1 heterocycles. The van der Waals surface area contributed by atoms with E-state index in [2.05, 4.69) is 24.5 Å². The van der Waals surface area contributed by atoms with Crippen molar-refractivity contribution in [3.63, 3.8) is 0 Å². The summed E-state index contributed by atoms with van der Waals surface area (Å²) in [5.74, 6) is -2.33. The molecular formula is C17H16N2O3.